The zero-order chi connectivity index (χ0) is 9.14. The summed E-state index contributed by atoms with van der Waals surface area (Å²) < 4.78 is 2.39. The van der Waals surface area contributed by atoms with Crippen LogP contribution in [0.3, 0.4) is 0 Å². The molecule has 1 aromatic rings. The molecular weight excluding hydrogens is 327 g/mol. The molecule has 66 valence electrons. The lowest BCUT2D eigenvalue weighted by atomic mass is 10.0. The van der Waals surface area contributed by atoms with Gasteiger partial charge in [-0.05, 0) is 49.1 Å². The molecule has 0 spiro atoms. The Labute approximate surface area is 96.0 Å². The van der Waals surface area contributed by atoms with E-state index < -0.39 is 0 Å². The van der Waals surface area contributed by atoms with Gasteiger partial charge in [-0.25, -0.2) is 0 Å². The molecule has 0 nitrogen and oxygen atoms in total. The average Bonchev–Trinajstić information content (AvgIpc) is 1.96. The standard InChI is InChI=1S/C10H12BrI/c1-7-5-9(11)6-8(2)10(7)3-4-12/h5-6H,3-4H2,1-2H3. The Kier molecular flexibility index (Phi) is 4.03. The van der Waals surface area contributed by atoms with E-state index in [1.54, 1.807) is 0 Å². The third kappa shape index (κ3) is 2.46. The van der Waals surface area contributed by atoms with Crippen molar-refractivity contribution in [2.24, 2.45) is 0 Å². The lowest BCUT2D eigenvalue weighted by Crippen LogP contribution is -1.94. The van der Waals surface area contributed by atoms with E-state index in [9.17, 15) is 0 Å². The van der Waals surface area contributed by atoms with Crippen LogP contribution < -0.4 is 0 Å². The highest BCUT2D eigenvalue weighted by atomic mass is 127. The predicted octanol–water partition coefficient (Wildman–Crippen LogP) is 4.04. The molecule has 2 heteroatoms. The molecule has 0 aliphatic rings. The Hall–Kier alpha value is 0.430. The summed E-state index contributed by atoms with van der Waals surface area (Å²) in [5.41, 5.74) is 4.31. The van der Waals surface area contributed by atoms with Crippen molar-refractivity contribution in [3.05, 3.63) is 33.3 Å². The third-order valence-electron chi connectivity index (χ3n) is 2.01. The van der Waals surface area contributed by atoms with Gasteiger partial charge in [0, 0.05) is 8.90 Å². The van der Waals surface area contributed by atoms with E-state index in [1.807, 2.05) is 0 Å². The number of hydrogen-bond acceptors (Lipinski definition) is 0. The summed E-state index contributed by atoms with van der Waals surface area (Å²) in [7, 11) is 0. The van der Waals surface area contributed by atoms with Gasteiger partial charge in [0.05, 0.1) is 0 Å². The van der Waals surface area contributed by atoms with Gasteiger partial charge < -0.3 is 0 Å². The van der Waals surface area contributed by atoms with Gasteiger partial charge in [0.25, 0.3) is 0 Å². The van der Waals surface area contributed by atoms with Gasteiger partial charge >= 0.3 is 0 Å². The molecule has 0 aliphatic carbocycles. The molecule has 0 aromatic heterocycles. The first-order chi connectivity index (χ1) is 5.65. The molecular formula is C10H12BrI. The van der Waals surface area contributed by atoms with E-state index in [0.29, 0.717) is 0 Å². The molecule has 0 N–H and O–H groups in total. The van der Waals surface area contributed by atoms with E-state index >= 15 is 0 Å². The SMILES string of the molecule is Cc1cc(Br)cc(C)c1CCI. The normalized spacial score (nSPS) is 10.3. The number of alkyl halides is 1. The van der Waals surface area contributed by atoms with E-state index in [-0.39, 0.29) is 0 Å². The molecule has 0 aliphatic heterocycles. The molecule has 0 fully saturated rings. The fourth-order valence-corrected chi connectivity index (χ4v) is 2.66. The summed E-state index contributed by atoms with van der Waals surface area (Å²) in [6.45, 7) is 4.36. The van der Waals surface area contributed by atoms with Crippen LogP contribution in [0.4, 0.5) is 0 Å². The van der Waals surface area contributed by atoms with E-state index in [0.717, 1.165) is 0 Å². The second-order valence-corrected chi connectivity index (χ2v) is 4.95. The van der Waals surface area contributed by atoms with Gasteiger partial charge in [0.1, 0.15) is 0 Å². The lowest BCUT2D eigenvalue weighted by Gasteiger charge is -2.08. The van der Waals surface area contributed by atoms with Crippen molar-refractivity contribution in [2.75, 3.05) is 4.43 Å². The van der Waals surface area contributed by atoms with Gasteiger partial charge in [0.15, 0.2) is 0 Å². The molecule has 0 unspecified atom stereocenters. The van der Waals surface area contributed by atoms with Crippen LogP contribution in [0.1, 0.15) is 16.7 Å². The Bertz CT molecular complexity index is 258. The van der Waals surface area contributed by atoms with Crippen molar-refractivity contribution < 1.29 is 0 Å². The lowest BCUT2D eigenvalue weighted by molar-refractivity contribution is 1.10. The van der Waals surface area contributed by atoms with Crippen LogP contribution in [-0.4, -0.2) is 4.43 Å². The van der Waals surface area contributed by atoms with Crippen LogP contribution in [0.2, 0.25) is 0 Å². The fourth-order valence-electron chi connectivity index (χ4n) is 1.43. The van der Waals surface area contributed by atoms with Gasteiger partial charge in [-0.3, -0.25) is 0 Å². The molecule has 1 aromatic carbocycles. The Balaban J connectivity index is 3.10. The minimum Gasteiger partial charge on any atom is -0.0860 e. The maximum absolute atomic E-state index is 3.50. The van der Waals surface area contributed by atoms with Crippen LogP contribution in [-0.2, 0) is 6.42 Å². The predicted molar refractivity (Wildman–Crippen MR) is 66.2 cm³/mol. The van der Waals surface area contributed by atoms with E-state index in [2.05, 4.69) is 64.5 Å². The van der Waals surface area contributed by atoms with Crippen molar-refractivity contribution in [1.82, 2.24) is 0 Å². The molecule has 0 atom stereocenters. The highest BCUT2D eigenvalue weighted by Gasteiger charge is 2.02. The Morgan fingerprint density at radius 2 is 1.75 bits per heavy atom. The molecule has 0 radical (unpaired) electrons. The second kappa shape index (κ2) is 4.61. The highest BCUT2D eigenvalue weighted by Crippen LogP contribution is 2.21. The van der Waals surface area contributed by atoms with Gasteiger partial charge in [-0.1, -0.05) is 38.5 Å². The summed E-state index contributed by atoms with van der Waals surface area (Å²) >= 11 is 5.92. The minimum atomic E-state index is 1.19. The van der Waals surface area contributed by atoms with Crippen LogP contribution in [0.5, 0.6) is 0 Å². The summed E-state index contributed by atoms with van der Waals surface area (Å²) in [6.07, 6.45) is 1.19. The molecule has 0 heterocycles. The minimum absolute atomic E-state index is 1.19. The van der Waals surface area contributed by atoms with Crippen molar-refractivity contribution in [2.45, 2.75) is 20.3 Å². The monoisotopic (exact) mass is 338 g/mol. The first-order valence-electron chi connectivity index (χ1n) is 3.96. The highest BCUT2D eigenvalue weighted by molar-refractivity contribution is 14.1. The largest absolute Gasteiger partial charge is 0.0860 e. The number of aryl methyl sites for hydroxylation is 2. The van der Waals surface area contributed by atoms with Gasteiger partial charge in [-0.15, -0.1) is 0 Å². The van der Waals surface area contributed by atoms with Crippen molar-refractivity contribution in [3.63, 3.8) is 0 Å². The molecule has 0 saturated carbocycles. The molecule has 1 rings (SSSR count). The molecule has 12 heavy (non-hydrogen) atoms. The zero-order valence-electron chi connectivity index (χ0n) is 7.32. The number of benzene rings is 1. The summed E-state index contributed by atoms with van der Waals surface area (Å²) in [4.78, 5) is 0. The molecule has 0 amide bonds. The van der Waals surface area contributed by atoms with E-state index in [4.69, 9.17) is 0 Å². The summed E-state index contributed by atoms with van der Waals surface area (Å²) in [5, 5.41) is 0. The third-order valence-corrected chi connectivity index (χ3v) is 3.00. The number of hydrogen-bond donors (Lipinski definition) is 0. The first-order valence-corrected chi connectivity index (χ1v) is 6.28. The smallest absolute Gasteiger partial charge is 0.0180 e. The Morgan fingerprint density at radius 3 is 2.17 bits per heavy atom. The zero-order valence-corrected chi connectivity index (χ0v) is 11.1. The molecule has 0 saturated heterocycles. The molecule has 0 bridgehead atoms. The second-order valence-electron chi connectivity index (χ2n) is 2.96. The van der Waals surface area contributed by atoms with Crippen LogP contribution in [0.25, 0.3) is 0 Å². The maximum atomic E-state index is 3.50. The van der Waals surface area contributed by atoms with Crippen LogP contribution in [0.15, 0.2) is 16.6 Å². The summed E-state index contributed by atoms with van der Waals surface area (Å²) in [6, 6.07) is 4.38. The maximum Gasteiger partial charge on any atom is 0.0180 e. The number of rotatable bonds is 2. The average molecular weight is 339 g/mol. The van der Waals surface area contributed by atoms with Crippen molar-refractivity contribution in [1.29, 1.82) is 0 Å². The summed E-state index contributed by atoms with van der Waals surface area (Å²) in [5.74, 6) is 0. The van der Waals surface area contributed by atoms with Gasteiger partial charge in [0.2, 0.25) is 0 Å². The quantitative estimate of drug-likeness (QED) is 0.564. The van der Waals surface area contributed by atoms with Crippen LogP contribution >= 0.6 is 38.5 Å². The first kappa shape index (κ1) is 10.5. The fraction of sp³-hybridized carbons (Fsp3) is 0.400. The van der Waals surface area contributed by atoms with Gasteiger partial charge in [-0.2, -0.15) is 0 Å². The van der Waals surface area contributed by atoms with Crippen molar-refractivity contribution >= 4 is 38.5 Å². The van der Waals surface area contributed by atoms with Crippen molar-refractivity contribution in [3.8, 4) is 0 Å². The topological polar surface area (TPSA) is 0 Å². The van der Waals surface area contributed by atoms with Crippen LogP contribution in [0, 0.1) is 13.8 Å². The Morgan fingerprint density at radius 1 is 1.25 bits per heavy atom. The number of halogens is 2. The van der Waals surface area contributed by atoms with E-state index in [1.165, 1.54) is 32.0 Å².